The second-order valence-corrected chi connectivity index (χ2v) is 5.28. The van der Waals surface area contributed by atoms with E-state index in [1.54, 1.807) is 0 Å². The first kappa shape index (κ1) is 14.6. The molecule has 0 bridgehead atoms. The first-order chi connectivity index (χ1) is 9.54. The van der Waals surface area contributed by atoms with Gasteiger partial charge in [-0.1, -0.05) is 12.1 Å². The van der Waals surface area contributed by atoms with Gasteiger partial charge in [0.2, 0.25) is 0 Å². The predicted octanol–water partition coefficient (Wildman–Crippen LogP) is 3.12. The van der Waals surface area contributed by atoms with Crippen LogP contribution >= 0.6 is 15.9 Å². The Morgan fingerprint density at radius 3 is 2.65 bits per heavy atom. The molecule has 0 saturated carbocycles. The van der Waals surface area contributed by atoms with Gasteiger partial charge in [0.05, 0.1) is 12.8 Å². The number of esters is 1. The van der Waals surface area contributed by atoms with Crippen LogP contribution in [0.3, 0.4) is 0 Å². The van der Waals surface area contributed by atoms with Gasteiger partial charge in [-0.15, -0.1) is 0 Å². The topological polar surface area (TPSA) is 67.0 Å². The van der Waals surface area contributed by atoms with E-state index in [2.05, 4.69) is 31.4 Å². The van der Waals surface area contributed by atoms with Crippen LogP contribution in [-0.4, -0.2) is 23.3 Å². The van der Waals surface area contributed by atoms with E-state index < -0.39 is 6.04 Å². The van der Waals surface area contributed by atoms with Crippen LogP contribution in [0.4, 0.5) is 5.69 Å². The number of ether oxygens (including phenoxy) is 1. The van der Waals surface area contributed by atoms with Crippen molar-refractivity contribution in [2.75, 3.05) is 12.4 Å². The van der Waals surface area contributed by atoms with Crippen molar-refractivity contribution in [1.29, 1.82) is 0 Å². The number of nitrogens with zero attached hydrogens (tertiary/aromatic N) is 1. The minimum absolute atomic E-state index is 0.353. The first-order valence-corrected chi connectivity index (χ1v) is 6.94. The molecule has 0 aliphatic rings. The average Bonchev–Trinajstić information content (AvgIpc) is 2.77. The van der Waals surface area contributed by atoms with Crippen molar-refractivity contribution in [2.45, 2.75) is 19.9 Å². The molecule has 1 aromatic heterocycles. The highest BCUT2D eigenvalue weighted by molar-refractivity contribution is 9.10. The quantitative estimate of drug-likeness (QED) is 0.841. The zero-order chi connectivity index (χ0) is 14.7. The lowest BCUT2D eigenvalue weighted by molar-refractivity contribution is -0.141. The third kappa shape index (κ3) is 2.85. The van der Waals surface area contributed by atoms with Crippen LogP contribution in [0.25, 0.3) is 0 Å². The molecule has 0 spiro atoms. The number of methoxy groups -OCH3 is 1. The Morgan fingerprint density at radius 1 is 1.40 bits per heavy atom. The zero-order valence-corrected chi connectivity index (χ0v) is 13.1. The minimum atomic E-state index is -0.600. The number of benzene rings is 1. The van der Waals surface area contributed by atoms with Crippen molar-refractivity contribution in [1.82, 2.24) is 10.2 Å². The molecule has 106 valence electrons. The zero-order valence-electron chi connectivity index (χ0n) is 11.5. The lowest BCUT2D eigenvalue weighted by Gasteiger charge is -2.19. The van der Waals surface area contributed by atoms with E-state index in [9.17, 15) is 4.79 Å². The fraction of sp³-hybridized carbons (Fsp3) is 0.286. The van der Waals surface area contributed by atoms with Gasteiger partial charge >= 0.3 is 5.97 Å². The summed E-state index contributed by atoms with van der Waals surface area (Å²) in [5.41, 5.74) is 3.26. The number of halogens is 1. The van der Waals surface area contributed by atoms with Gasteiger partial charge in [-0.2, -0.15) is 5.10 Å². The lowest BCUT2D eigenvalue weighted by Crippen LogP contribution is -2.23. The van der Waals surface area contributed by atoms with E-state index in [1.165, 1.54) is 7.11 Å². The van der Waals surface area contributed by atoms with Gasteiger partial charge in [0.1, 0.15) is 0 Å². The van der Waals surface area contributed by atoms with Crippen molar-refractivity contribution in [3.8, 4) is 0 Å². The average molecular weight is 338 g/mol. The van der Waals surface area contributed by atoms with Gasteiger partial charge in [-0.3, -0.25) is 5.10 Å². The summed E-state index contributed by atoms with van der Waals surface area (Å²) in [4.78, 5) is 12.1. The number of carbonyl (C=O) groups excluding carboxylic acids is 1. The minimum Gasteiger partial charge on any atom is -0.467 e. The molecule has 0 aliphatic heterocycles. The number of aryl methyl sites for hydroxylation is 2. The first-order valence-electron chi connectivity index (χ1n) is 6.15. The van der Waals surface area contributed by atoms with Crippen LogP contribution in [0, 0.1) is 13.8 Å². The summed E-state index contributed by atoms with van der Waals surface area (Å²) >= 11 is 3.46. The van der Waals surface area contributed by atoms with Gasteiger partial charge in [0.25, 0.3) is 0 Å². The molecule has 0 amide bonds. The molecular weight excluding hydrogens is 322 g/mol. The van der Waals surface area contributed by atoms with Crippen LogP contribution in [0.15, 0.2) is 28.7 Å². The van der Waals surface area contributed by atoms with Crippen LogP contribution in [0.1, 0.15) is 23.0 Å². The molecule has 6 heteroatoms. The molecule has 5 nitrogen and oxygen atoms in total. The van der Waals surface area contributed by atoms with Crippen molar-refractivity contribution < 1.29 is 9.53 Å². The monoisotopic (exact) mass is 337 g/mol. The van der Waals surface area contributed by atoms with Crippen molar-refractivity contribution in [3.05, 3.63) is 45.7 Å². The number of para-hydroxylation sites is 1. The summed E-state index contributed by atoms with van der Waals surface area (Å²) in [5, 5.41) is 10.2. The van der Waals surface area contributed by atoms with Gasteiger partial charge in [-0.05, 0) is 41.9 Å². The summed E-state index contributed by atoms with van der Waals surface area (Å²) in [6.07, 6.45) is 0. The predicted molar refractivity (Wildman–Crippen MR) is 80.6 cm³/mol. The normalized spacial score (nSPS) is 12.0. The number of hydrogen-bond acceptors (Lipinski definition) is 4. The highest BCUT2D eigenvalue weighted by atomic mass is 79.9. The number of nitrogens with one attached hydrogen (secondary N) is 2. The second-order valence-electron chi connectivity index (χ2n) is 4.43. The van der Waals surface area contributed by atoms with Crippen molar-refractivity contribution >= 4 is 27.6 Å². The van der Waals surface area contributed by atoms with E-state index in [-0.39, 0.29) is 5.97 Å². The van der Waals surface area contributed by atoms with Crippen molar-refractivity contribution in [3.63, 3.8) is 0 Å². The summed E-state index contributed by atoms with van der Waals surface area (Å²) < 4.78 is 5.78. The highest BCUT2D eigenvalue weighted by Gasteiger charge is 2.27. The Labute approximate surface area is 125 Å². The maximum Gasteiger partial charge on any atom is 0.333 e. The van der Waals surface area contributed by atoms with Crippen LogP contribution in [-0.2, 0) is 9.53 Å². The van der Waals surface area contributed by atoms with Crippen molar-refractivity contribution in [2.24, 2.45) is 0 Å². The van der Waals surface area contributed by atoms with E-state index in [1.807, 2.05) is 38.1 Å². The third-order valence-electron chi connectivity index (χ3n) is 3.08. The molecule has 1 aromatic carbocycles. The summed E-state index contributed by atoms with van der Waals surface area (Å²) in [7, 11) is 1.38. The highest BCUT2D eigenvalue weighted by Crippen LogP contribution is 2.29. The van der Waals surface area contributed by atoms with Crippen LogP contribution in [0.2, 0.25) is 0 Å². The number of aromatic nitrogens is 2. The smallest absolute Gasteiger partial charge is 0.333 e. The molecule has 0 aliphatic carbocycles. The van der Waals surface area contributed by atoms with Gasteiger partial charge in [0.15, 0.2) is 6.04 Å². The largest absolute Gasteiger partial charge is 0.467 e. The Morgan fingerprint density at radius 2 is 2.10 bits per heavy atom. The van der Waals surface area contributed by atoms with E-state index in [4.69, 9.17) is 4.74 Å². The molecule has 2 aromatic rings. The molecule has 2 rings (SSSR count). The number of anilines is 1. The molecular formula is C14H16BrN3O2. The standard InChI is InChI=1S/C14H16BrN3O2/c1-8-12(9(2)18-17-8)13(14(19)20-3)16-11-7-5-4-6-10(11)15/h4-7,13,16H,1-3H3,(H,17,18). The SMILES string of the molecule is COC(=O)C(Nc1ccccc1Br)c1c(C)n[nH]c1C. The molecule has 1 unspecified atom stereocenters. The molecule has 0 fully saturated rings. The fourth-order valence-electron chi connectivity index (χ4n) is 2.09. The molecule has 2 N–H and O–H groups in total. The lowest BCUT2D eigenvalue weighted by atomic mass is 10.0. The summed E-state index contributed by atoms with van der Waals surface area (Å²) in [5.74, 6) is -0.353. The van der Waals surface area contributed by atoms with Gasteiger partial charge in [0, 0.05) is 21.4 Å². The number of aromatic amines is 1. The molecule has 20 heavy (non-hydrogen) atoms. The number of rotatable bonds is 4. The third-order valence-corrected chi connectivity index (χ3v) is 3.78. The summed E-state index contributed by atoms with van der Waals surface area (Å²) in [6, 6.07) is 7.02. The number of carbonyl (C=O) groups is 1. The molecule has 1 heterocycles. The molecule has 0 saturated heterocycles. The van der Waals surface area contributed by atoms with Crippen LogP contribution < -0.4 is 5.32 Å². The van der Waals surface area contributed by atoms with Gasteiger partial charge < -0.3 is 10.1 Å². The Kier molecular flexibility index (Phi) is 4.44. The Bertz CT molecular complexity index is 605. The van der Waals surface area contributed by atoms with E-state index >= 15 is 0 Å². The Balaban J connectivity index is 2.40. The van der Waals surface area contributed by atoms with E-state index in [0.717, 1.165) is 27.1 Å². The van der Waals surface area contributed by atoms with Crippen LogP contribution in [0.5, 0.6) is 0 Å². The number of hydrogen-bond donors (Lipinski definition) is 2. The maximum atomic E-state index is 12.1. The molecule has 0 radical (unpaired) electrons. The fourth-order valence-corrected chi connectivity index (χ4v) is 2.48. The molecule has 1 atom stereocenters. The second kappa shape index (κ2) is 6.09. The number of H-pyrrole nitrogens is 1. The van der Waals surface area contributed by atoms with E-state index in [0.29, 0.717) is 0 Å². The van der Waals surface area contributed by atoms with Gasteiger partial charge in [-0.25, -0.2) is 4.79 Å². The Hall–Kier alpha value is -1.82. The maximum absolute atomic E-state index is 12.1. The summed E-state index contributed by atoms with van der Waals surface area (Å²) in [6.45, 7) is 3.74.